The quantitative estimate of drug-likeness (QED) is 0.513. The van der Waals surface area contributed by atoms with Gasteiger partial charge in [-0.05, 0) is 49.4 Å². The van der Waals surface area contributed by atoms with Gasteiger partial charge in [0, 0.05) is 13.1 Å². The van der Waals surface area contributed by atoms with E-state index in [0.717, 1.165) is 16.7 Å². The molecule has 1 heterocycles. The second-order valence-corrected chi connectivity index (χ2v) is 6.92. The van der Waals surface area contributed by atoms with Gasteiger partial charge in [-0.2, -0.15) is 0 Å². The van der Waals surface area contributed by atoms with E-state index in [1.54, 1.807) is 29.2 Å². The lowest BCUT2D eigenvalue weighted by atomic mass is 10.2. The Kier molecular flexibility index (Phi) is 7.34. The Hall–Kier alpha value is -2.43. The van der Waals surface area contributed by atoms with E-state index in [9.17, 15) is 14.4 Å². The summed E-state index contributed by atoms with van der Waals surface area (Å²) in [5.41, 5.74) is 0.633. The number of amides is 3. The maximum atomic E-state index is 12.5. The third kappa shape index (κ3) is 5.06. The fourth-order valence-corrected chi connectivity index (χ4v) is 3.52. The molecular weight excluding hydrogens is 388 g/mol. The number of imide groups is 1. The molecule has 1 aromatic rings. The van der Waals surface area contributed by atoms with Gasteiger partial charge >= 0.3 is 0 Å². The summed E-state index contributed by atoms with van der Waals surface area (Å²) < 4.78 is 5.29. The molecule has 0 atom stereocenters. The van der Waals surface area contributed by atoms with Crippen LogP contribution in [0.15, 0.2) is 23.1 Å². The third-order valence-electron chi connectivity index (χ3n) is 3.85. The number of terminal acetylenes is 1. The highest BCUT2D eigenvalue weighted by atomic mass is 35.5. The first-order chi connectivity index (χ1) is 12.9. The standard InChI is InChI=1S/C19H19ClN2O4S/c1-4-9-26-15-8-7-13(10-14(15)20)11-16-18(24)22(19(25)27-16)12-17(23)21(5-2)6-3/h1,7-8,10-11H,5-6,9,12H2,2-3H3/b16-11-. The molecule has 1 aliphatic rings. The number of carbonyl (C=O) groups is 3. The average Bonchev–Trinajstić information content (AvgIpc) is 2.89. The summed E-state index contributed by atoms with van der Waals surface area (Å²) in [5.74, 6) is 2.03. The maximum absolute atomic E-state index is 12.5. The van der Waals surface area contributed by atoms with Crippen molar-refractivity contribution < 1.29 is 19.1 Å². The summed E-state index contributed by atoms with van der Waals surface area (Å²) >= 11 is 6.93. The topological polar surface area (TPSA) is 66.9 Å². The number of rotatable bonds is 7. The van der Waals surface area contributed by atoms with Crippen LogP contribution in [0.3, 0.4) is 0 Å². The SMILES string of the molecule is C#CCOc1ccc(/C=C2\SC(=O)N(CC(=O)N(CC)CC)C2=O)cc1Cl. The van der Waals surface area contributed by atoms with Crippen molar-refractivity contribution in [2.45, 2.75) is 13.8 Å². The van der Waals surface area contributed by atoms with Gasteiger partial charge in [0.05, 0.1) is 9.93 Å². The van der Waals surface area contributed by atoms with Crippen LogP contribution in [0.5, 0.6) is 5.75 Å². The van der Waals surface area contributed by atoms with E-state index in [4.69, 9.17) is 22.8 Å². The summed E-state index contributed by atoms with van der Waals surface area (Å²) in [6, 6.07) is 4.95. The molecular formula is C19H19ClN2O4S. The monoisotopic (exact) mass is 406 g/mol. The van der Waals surface area contributed by atoms with Crippen molar-refractivity contribution in [1.82, 2.24) is 9.80 Å². The average molecular weight is 407 g/mol. The minimum absolute atomic E-state index is 0.0958. The zero-order valence-corrected chi connectivity index (χ0v) is 16.6. The lowest BCUT2D eigenvalue weighted by Crippen LogP contribution is -2.41. The molecule has 3 amide bonds. The second-order valence-electron chi connectivity index (χ2n) is 5.52. The molecule has 8 heteroatoms. The van der Waals surface area contributed by atoms with E-state index in [2.05, 4.69) is 5.92 Å². The molecule has 0 radical (unpaired) electrons. The van der Waals surface area contributed by atoms with Crippen molar-refractivity contribution in [2.75, 3.05) is 26.2 Å². The Balaban J connectivity index is 2.15. The lowest BCUT2D eigenvalue weighted by molar-refractivity contribution is -0.135. The molecule has 0 aromatic heterocycles. The van der Waals surface area contributed by atoms with Crippen LogP contribution in [0.4, 0.5) is 4.79 Å². The second kappa shape index (κ2) is 9.49. The fraction of sp³-hybridized carbons (Fsp3) is 0.316. The van der Waals surface area contributed by atoms with Gasteiger partial charge in [0.2, 0.25) is 5.91 Å². The zero-order valence-electron chi connectivity index (χ0n) is 15.0. The highest BCUT2D eigenvalue weighted by Gasteiger charge is 2.36. The molecule has 1 aliphatic heterocycles. The molecule has 0 aliphatic carbocycles. The van der Waals surface area contributed by atoms with Crippen LogP contribution in [0, 0.1) is 12.3 Å². The van der Waals surface area contributed by atoms with Crippen LogP contribution in [0.1, 0.15) is 19.4 Å². The van der Waals surface area contributed by atoms with Gasteiger partial charge in [-0.1, -0.05) is 23.6 Å². The van der Waals surface area contributed by atoms with Crippen molar-refractivity contribution in [3.8, 4) is 18.1 Å². The predicted octanol–water partition coefficient (Wildman–Crippen LogP) is 3.26. The van der Waals surface area contributed by atoms with Crippen molar-refractivity contribution >= 4 is 46.5 Å². The largest absolute Gasteiger partial charge is 0.479 e. The van der Waals surface area contributed by atoms with E-state index >= 15 is 0 Å². The molecule has 1 saturated heterocycles. The molecule has 6 nitrogen and oxygen atoms in total. The summed E-state index contributed by atoms with van der Waals surface area (Å²) in [7, 11) is 0. The van der Waals surface area contributed by atoms with E-state index in [0.29, 0.717) is 29.4 Å². The van der Waals surface area contributed by atoms with Gasteiger partial charge in [-0.15, -0.1) is 6.42 Å². The molecule has 0 N–H and O–H groups in total. The van der Waals surface area contributed by atoms with Gasteiger partial charge in [0.25, 0.3) is 11.1 Å². The highest BCUT2D eigenvalue weighted by Crippen LogP contribution is 2.33. The molecule has 2 rings (SSSR count). The van der Waals surface area contributed by atoms with Crippen LogP contribution in [-0.2, 0) is 9.59 Å². The molecule has 27 heavy (non-hydrogen) atoms. The molecule has 142 valence electrons. The molecule has 0 unspecified atom stereocenters. The number of hydrogen-bond acceptors (Lipinski definition) is 5. The third-order valence-corrected chi connectivity index (χ3v) is 5.05. The number of nitrogens with zero attached hydrogens (tertiary/aromatic N) is 2. The van der Waals surface area contributed by atoms with Crippen LogP contribution in [-0.4, -0.2) is 53.1 Å². The first-order valence-corrected chi connectivity index (χ1v) is 9.49. The van der Waals surface area contributed by atoms with Gasteiger partial charge in [-0.25, -0.2) is 0 Å². The van der Waals surface area contributed by atoms with Crippen LogP contribution in [0.25, 0.3) is 6.08 Å². The van der Waals surface area contributed by atoms with Crippen LogP contribution < -0.4 is 4.74 Å². The number of hydrogen-bond donors (Lipinski definition) is 0. The normalized spacial score (nSPS) is 15.2. The number of carbonyl (C=O) groups excluding carboxylic acids is 3. The Bertz CT molecular complexity index is 827. The Morgan fingerprint density at radius 1 is 1.37 bits per heavy atom. The van der Waals surface area contributed by atoms with Gasteiger partial charge in [0.1, 0.15) is 18.9 Å². The number of ether oxygens (including phenoxy) is 1. The van der Waals surface area contributed by atoms with Crippen LogP contribution >= 0.6 is 23.4 Å². The Morgan fingerprint density at radius 3 is 2.67 bits per heavy atom. The van der Waals surface area contributed by atoms with Crippen LogP contribution in [0.2, 0.25) is 5.02 Å². The van der Waals surface area contributed by atoms with Crippen molar-refractivity contribution in [2.24, 2.45) is 0 Å². The number of thioether (sulfide) groups is 1. The van der Waals surface area contributed by atoms with E-state index in [-0.39, 0.29) is 24.0 Å². The molecule has 0 spiro atoms. The van der Waals surface area contributed by atoms with E-state index in [1.807, 2.05) is 13.8 Å². The first kappa shape index (κ1) is 20.9. The minimum Gasteiger partial charge on any atom is -0.479 e. The van der Waals surface area contributed by atoms with Crippen molar-refractivity contribution in [3.63, 3.8) is 0 Å². The number of halogens is 1. The maximum Gasteiger partial charge on any atom is 0.294 e. The summed E-state index contributed by atoms with van der Waals surface area (Å²) in [6.07, 6.45) is 6.71. The van der Waals surface area contributed by atoms with E-state index < -0.39 is 11.1 Å². The molecule has 1 fully saturated rings. The highest BCUT2D eigenvalue weighted by molar-refractivity contribution is 8.18. The van der Waals surface area contributed by atoms with Gasteiger partial charge in [0.15, 0.2) is 0 Å². The molecule has 0 bridgehead atoms. The van der Waals surface area contributed by atoms with E-state index in [1.165, 1.54) is 0 Å². The Morgan fingerprint density at radius 2 is 2.07 bits per heavy atom. The molecule has 1 aromatic carbocycles. The summed E-state index contributed by atoms with van der Waals surface area (Å²) in [5, 5.41) is -0.123. The predicted molar refractivity (Wildman–Crippen MR) is 106 cm³/mol. The fourth-order valence-electron chi connectivity index (χ4n) is 2.44. The van der Waals surface area contributed by atoms with Gasteiger partial charge < -0.3 is 9.64 Å². The number of likely N-dealkylation sites (N-methyl/N-ethyl adjacent to an activating group) is 1. The van der Waals surface area contributed by atoms with Crippen molar-refractivity contribution in [1.29, 1.82) is 0 Å². The Labute approximate surface area is 167 Å². The lowest BCUT2D eigenvalue weighted by Gasteiger charge is -2.21. The van der Waals surface area contributed by atoms with Crippen molar-refractivity contribution in [3.05, 3.63) is 33.7 Å². The minimum atomic E-state index is -0.491. The summed E-state index contributed by atoms with van der Waals surface area (Å²) in [6.45, 7) is 4.56. The smallest absolute Gasteiger partial charge is 0.294 e. The first-order valence-electron chi connectivity index (χ1n) is 8.30. The summed E-state index contributed by atoms with van der Waals surface area (Å²) in [4.78, 5) is 39.6. The number of benzene rings is 1. The zero-order chi connectivity index (χ0) is 20.0. The van der Waals surface area contributed by atoms with Gasteiger partial charge in [-0.3, -0.25) is 19.3 Å². The molecule has 0 saturated carbocycles.